The van der Waals surface area contributed by atoms with Crippen molar-refractivity contribution >= 4 is 5.69 Å². The van der Waals surface area contributed by atoms with E-state index >= 15 is 0 Å². The van der Waals surface area contributed by atoms with Crippen LogP contribution in [0.15, 0.2) is 24.3 Å². The molecule has 1 aromatic carbocycles. The lowest BCUT2D eigenvalue weighted by atomic mass is 10.1. The fourth-order valence-electron chi connectivity index (χ4n) is 2.62. The summed E-state index contributed by atoms with van der Waals surface area (Å²) in [4.78, 5) is 10.3. The Bertz CT molecular complexity index is 433. The molecule has 4 nitrogen and oxygen atoms in total. The molecule has 22 heavy (non-hydrogen) atoms. The highest BCUT2D eigenvalue weighted by Gasteiger charge is 2.16. The van der Waals surface area contributed by atoms with E-state index in [1.165, 1.54) is 38.5 Å². The van der Waals surface area contributed by atoms with Crippen LogP contribution in [0.5, 0.6) is 0 Å². The molecule has 1 rings (SSSR count). The Morgan fingerprint density at radius 3 is 2.09 bits per heavy atom. The molecular weight excluding hydrogens is 300 g/mol. The fourth-order valence-corrected chi connectivity index (χ4v) is 2.62. The Morgan fingerprint density at radius 1 is 1.00 bits per heavy atom. The van der Waals surface area contributed by atoms with Crippen LogP contribution in [0.1, 0.15) is 51.0 Å². The molecule has 1 aromatic rings. The predicted octanol–water partition coefficient (Wildman–Crippen LogP) is 1.54. The van der Waals surface area contributed by atoms with E-state index in [9.17, 15) is 10.1 Å². The van der Waals surface area contributed by atoms with Crippen molar-refractivity contribution in [2.75, 3.05) is 20.6 Å². The Hall–Kier alpha value is -1.13. The van der Waals surface area contributed by atoms with E-state index in [0.29, 0.717) is 0 Å². The molecule has 0 N–H and O–H groups in total. The van der Waals surface area contributed by atoms with Crippen LogP contribution >= 0.6 is 0 Å². The lowest BCUT2D eigenvalue weighted by Crippen LogP contribution is -3.00. The first kappa shape index (κ1) is 20.9. The van der Waals surface area contributed by atoms with E-state index in [1.807, 2.05) is 12.1 Å². The van der Waals surface area contributed by atoms with Crippen LogP contribution in [0, 0.1) is 10.1 Å². The van der Waals surface area contributed by atoms with Gasteiger partial charge in [-0.05, 0) is 25.0 Å². The molecule has 0 saturated heterocycles. The van der Waals surface area contributed by atoms with Crippen molar-refractivity contribution in [2.24, 2.45) is 0 Å². The second-order valence-corrected chi connectivity index (χ2v) is 6.51. The Balaban J connectivity index is 0.00000441. The summed E-state index contributed by atoms with van der Waals surface area (Å²) in [7, 11) is 4.46. The first-order valence-corrected chi connectivity index (χ1v) is 8.00. The van der Waals surface area contributed by atoms with Crippen molar-refractivity contribution in [1.29, 1.82) is 0 Å². The van der Waals surface area contributed by atoms with Gasteiger partial charge in [0.1, 0.15) is 6.54 Å². The molecule has 5 heteroatoms. The minimum Gasteiger partial charge on any atom is -1.00 e. The van der Waals surface area contributed by atoms with E-state index in [0.717, 1.165) is 23.1 Å². The molecule has 0 spiro atoms. The van der Waals surface area contributed by atoms with Gasteiger partial charge in [-0.3, -0.25) is 10.1 Å². The standard InChI is InChI=1S/C17H29N2O2.ClH/c1-4-5-6-7-8-9-14-19(2,3)15-16-10-12-17(13-11-16)18(20)21;/h10-13H,4-9,14-15H2,1-3H3;1H/q+1;/p-1. The van der Waals surface area contributed by atoms with Crippen molar-refractivity contribution < 1.29 is 21.8 Å². The minimum atomic E-state index is -0.347. The van der Waals surface area contributed by atoms with Gasteiger partial charge < -0.3 is 16.9 Å². The van der Waals surface area contributed by atoms with Gasteiger partial charge in [-0.2, -0.15) is 0 Å². The molecular formula is C17H29ClN2O2. The maximum Gasteiger partial charge on any atom is 0.269 e. The fraction of sp³-hybridized carbons (Fsp3) is 0.647. The van der Waals surface area contributed by atoms with Crippen LogP contribution in [0.2, 0.25) is 0 Å². The third-order valence-electron chi connectivity index (χ3n) is 3.87. The van der Waals surface area contributed by atoms with Gasteiger partial charge >= 0.3 is 0 Å². The predicted molar refractivity (Wildman–Crippen MR) is 87.2 cm³/mol. The van der Waals surface area contributed by atoms with Crippen LogP contribution in [0.25, 0.3) is 0 Å². The van der Waals surface area contributed by atoms with Crippen molar-refractivity contribution in [1.82, 2.24) is 0 Å². The maximum atomic E-state index is 10.6. The van der Waals surface area contributed by atoms with Crippen LogP contribution in [0.3, 0.4) is 0 Å². The molecule has 0 saturated carbocycles. The highest BCUT2D eigenvalue weighted by molar-refractivity contribution is 5.32. The number of hydrogen-bond donors (Lipinski definition) is 0. The quantitative estimate of drug-likeness (QED) is 0.283. The van der Waals surface area contributed by atoms with Crippen LogP contribution < -0.4 is 12.4 Å². The number of benzene rings is 1. The average molecular weight is 329 g/mol. The number of unbranched alkanes of at least 4 members (excludes halogenated alkanes) is 5. The molecule has 0 aliphatic rings. The Morgan fingerprint density at radius 2 is 1.55 bits per heavy atom. The summed E-state index contributed by atoms with van der Waals surface area (Å²) in [5, 5.41) is 10.6. The summed E-state index contributed by atoms with van der Waals surface area (Å²) in [6.07, 6.45) is 7.89. The van der Waals surface area contributed by atoms with Gasteiger partial charge in [0.25, 0.3) is 5.69 Å². The summed E-state index contributed by atoms with van der Waals surface area (Å²) >= 11 is 0. The number of halogens is 1. The second-order valence-electron chi connectivity index (χ2n) is 6.51. The molecule has 0 radical (unpaired) electrons. The summed E-state index contributed by atoms with van der Waals surface area (Å²) < 4.78 is 0.936. The van der Waals surface area contributed by atoms with E-state index in [1.54, 1.807) is 12.1 Å². The highest BCUT2D eigenvalue weighted by atomic mass is 35.5. The first-order valence-electron chi connectivity index (χ1n) is 8.00. The monoisotopic (exact) mass is 328 g/mol. The average Bonchev–Trinajstić information content (AvgIpc) is 2.43. The summed E-state index contributed by atoms with van der Waals surface area (Å²) in [6.45, 7) is 4.32. The summed E-state index contributed by atoms with van der Waals surface area (Å²) in [5.74, 6) is 0. The maximum absolute atomic E-state index is 10.6. The second kappa shape index (κ2) is 10.6. The largest absolute Gasteiger partial charge is 1.00 e. The highest BCUT2D eigenvalue weighted by Crippen LogP contribution is 2.16. The van der Waals surface area contributed by atoms with Gasteiger partial charge in [-0.1, -0.05) is 32.6 Å². The zero-order valence-corrected chi connectivity index (χ0v) is 14.8. The van der Waals surface area contributed by atoms with Gasteiger partial charge in [-0.15, -0.1) is 0 Å². The molecule has 0 atom stereocenters. The van der Waals surface area contributed by atoms with Crippen molar-refractivity contribution in [3.05, 3.63) is 39.9 Å². The smallest absolute Gasteiger partial charge is 0.269 e. The number of quaternary nitrogens is 1. The number of nitro benzene ring substituents is 1. The molecule has 0 aliphatic heterocycles. The minimum absolute atomic E-state index is 0. The van der Waals surface area contributed by atoms with E-state index in [4.69, 9.17) is 0 Å². The van der Waals surface area contributed by atoms with E-state index in [-0.39, 0.29) is 23.0 Å². The zero-order valence-electron chi connectivity index (χ0n) is 14.1. The van der Waals surface area contributed by atoms with Crippen LogP contribution in [-0.2, 0) is 6.54 Å². The van der Waals surface area contributed by atoms with Crippen molar-refractivity contribution in [3.63, 3.8) is 0 Å². The number of nitrogens with zero attached hydrogens (tertiary/aromatic N) is 2. The molecule has 126 valence electrons. The van der Waals surface area contributed by atoms with Crippen LogP contribution in [-0.4, -0.2) is 30.0 Å². The Labute approximate surface area is 140 Å². The third kappa shape index (κ3) is 8.35. The topological polar surface area (TPSA) is 43.1 Å². The molecule has 0 unspecified atom stereocenters. The lowest BCUT2D eigenvalue weighted by Gasteiger charge is -2.30. The van der Waals surface area contributed by atoms with E-state index < -0.39 is 0 Å². The van der Waals surface area contributed by atoms with Gasteiger partial charge in [0.05, 0.1) is 25.6 Å². The summed E-state index contributed by atoms with van der Waals surface area (Å²) in [6, 6.07) is 6.94. The zero-order chi connectivity index (χ0) is 15.7. The van der Waals surface area contributed by atoms with Crippen LogP contribution in [0.4, 0.5) is 5.69 Å². The first-order chi connectivity index (χ1) is 9.94. The number of rotatable bonds is 10. The molecule has 0 amide bonds. The summed E-state index contributed by atoms with van der Waals surface area (Å²) in [5.41, 5.74) is 1.33. The number of nitro groups is 1. The van der Waals surface area contributed by atoms with Gasteiger partial charge in [-0.25, -0.2) is 0 Å². The lowest BCUT2D eigenvalue weighted by molar-refractivity contribution is -0.903. The molecule has 0 fully saturated rings. The van der Waals surface area contributed by atoms with Gasteiger partial charge in [0, 0.05) is 17.7 Å². The number of non-ortho nitro benzene ring substituents is 1. The Kier molecular flexibility index (Phi) is 10.0. The van der Waals surface area contributed by atoms with Gasteiger partial charge in [0.15, 0.2) is 0 Å². The van der Waals surface area contributed by atoms with Crippen molar-refractivity contribution in [3.8, 4) is 0 Å². The molecule has 0 aromatic heterocycles. The van der Waals surface area contributed by atoms with Crippen molar-refractivity contribution in [2.45, 2.75) is 52.0 Å². The SMILES string of the molecule is CCCCCCCC[N+](C)(C)Cc1ccc([N+](=O)[O-])cc1.[Cl-]. The number of hydrogen-bond acceptors (Lipinski definition) is 2. The van der Waals surface area contributed by atoms with Gasteiger partial charge in [0.2, 0.25) is 0 Å². The normalized spacial score (nSPS) is 11.0. The van der Waals surface area contributed by atoms with E-state index in [2.05, 4.69) is 21.0 Å². The third-order valence-corrected chi connectivity index (χ3v) is 3.87. The molecule has 0 heterocycles. The molecule has 0 aliphatic carbocycles. The molecule has 0 bridgehead atoms.